The number of H-pyrrole nitrogens is 1. The predicted octanol–water partition coefficient (Wildman–Crippen LogP) is -0.456. The lowest BCUT2D eigenvalue weighted by Crippen LogP contribution is -2.41. The fourth-order valence-corrected chi connectivity index (χ4v) is 3.02. The van der Waals surface area contributed by atoms with Crippen molar-refractivity contribution in [1.29, 1.82) is 0 Å². The Morgan fingerprint density at radius 1 is 1.18 bits per heavy atom. The van der Waals surface area contributed by atoms with Gasteiger partial charge < -0.3 is 15.1 Å². The largest absolute Gasteiger partial charge is 0.354 e. The van der Waals surface area contributed by atoms with Crippen LogP contribution in [-0.2, 0) is 15.9 Å². The molecule has 0 radical (unpaired) electrons. The summed E-state index contributed by atoms with van der Waals surface area (Å²) in [7, 11) is -4.26. The topological polar surface area (TPSA) is 167 Å². The van der Waals surface area contributed by atoms with Gasteiger partial charge in [0.1, 0.15) is 6.54 Å². The van der Waals surface area contributed by atoms with Crippen LogP contribution in [-0.4, -0.2) is 47.9 Å². The molecule has 0 unspecified atom stereocenters. The summed E-state index contributed by atoms with van der Waals surface area (Å²) in [5.41, 5.74) is 1.29. The summed E-state index contributed by atoms with van der Waals surface area (Å²) in [6.45, 7) is 2.91. The molecule has 4 N–H and O–H groups in total. The second-order valence-electron chi connectivity index (χ2n) is 6.41. The summed E-state index contributed by atoms with van der Waals surface area (Å²) in [5.74, 6) is -0.736. The van der Waals surface area contributed by atoms with Gasteiger partial charge in [0, 0.05) is 6.54 Å². The number of rotatable bonds is 5. The van der Waals surface area contributed by atoms with Gasteiger partial charge in [0.2, 0.25) is 5.91 Å². The zero-order chi connectivity index (χ0) is 20.6. The van der Waals surface area contributed by atoms with Crippen LogP contribution in [0.2, 0.25) is 0 Å². The van der Waals surface area contributed by atoms with Gasteiger partial charge in [-0.25, -0.2) is 19.3 Å². The lowest BCUT2D eigenvalue weighted by molar-refractivity contribution is -0.121. The van der Waals surface area contributed by atoms with E-state index in [4.69, 9.17) is 9.79 Å². The Morgan fingerprint density at radius 3 is 2.39 bits per heavy atom. The number of nitrogens with zero attached hydrogens (tertiary/aromatic N) is 3. The summed E-state index contributed by atoms with van der Waals surface area (Å²) in [6, 6.07) is 3.58. The number of aromatic nitrogens is 4. The highest BCUT2D eigenvalue weighted by atomic mass is 31.2. The molecule has 0 fully saturated rings. The second-order valence-corrected chi connectivity index (χ2v) is 8.18. The molecule has 0 aliphatic heterocycles. The maximum atomic E-state index is 12.6. The molecule has 11 nitrogen and oxygen atoms in total. The van der Waals surface area contributed by atoms with E-state index in [0.717, 1.165) is 11.1 Å². The molecule has 28 heavy (non-hydrogen) atoms. The third-order valence-corrected chi connectivity index (χ3v) is 5.03. The van der Waals surface area contributed by atoms with Gasteiger partial charge in [-0.15, -0.1) is 0 Å². The number of hydrogen-bond acceptors (Lipinski definition) is 6. The normalized spacial score (nSPS) is 11.9. The van der Waals surface area contributed by atoms with Gasteiger partial charge in [0.05, 0.1) is 17.2 Å². The molecule has 148 valence electrons. The predicted molar refractivity (Wildman–Crippen MR) is 101 cm³/mol. The number of hydrogen-bond donors (Lipinski definition) is 4. The smallest absolute Gasteiger partial charge is 0.330 e. The van der Waals surface area contributed by atoms with Gasteiger partial charge in [-0.3, -0.25) is 19.1 Å². The molecule has 0 aliphatic carbocycles. The standard InChI is InChI=1S/C16H18N5O6P/c1-8-5-10-11(6-9(8)2)19-14-13(18-10)15(23)21(16(24)20-14)7-12(22)17-3-4-28(25,26)27/h5-6H,3-4,7H2,1-2H3,(H,17,22)(H,19,20,24)(H2,25,26,27). The summed E-state index contributed by atoms with van der Waals surface area (Å²) in [4.78, 5) is 65.4. The number of benzene rings is 1. The molecule has 1 aromatic carbocycles. The third-order valence-electron chi connectivity index (χ3n) is 4.22. The minimum atomic E-state index is -4.26. The van der Waals surface area contributed by atoms with Crippen molar-refractivity contribution in [3.8, 4) is 0 Å². The lowest BCUT2D eigenvalue weighted by atomic mass is 10.1. The first-order valence-electron chi connectivity index (χ1n) is 8.28. The van der Waals surface area contributed by atoms with E-state index in [0.29, 0.717) is 15.6 Å². The Labute approximate surface area is 157 Å². The maximum Gasteiger partial charge on any atom is 0.330 e. The van der Waals surface area contributed by atoms with Crippen molar-refractivity contribution in [2.45, 2.75) is 20.4 Å². The fourth-order valence-electron chi connectivity index (χ4n) is 2.62. The highest BCUT2D eigenvalue weighted by Gasteiger charge is 2.16. The number of carbonyl (C=O) groups is 1. The quantitative estimate of drug-likeness (QED) is 0.326. The molecule has 0 spiro atoms. The number of aromatic amines is 1. The van der Waals surface area contributed by atoms with Crippen LogP contribution in [0.1, 0.15) is 11.1 Å². The van der Waals surface area contributed by atoms with Crippen LogP contribution in [0.3, 0.4) is 0 Å². The second kappa shape index (κ2) is 7.27. The van der Waals surface area contributed by atoms with Crippen molar-refractivity contribution in [2.24, 2.45) is 0 Å². The van der Waals surface area contributed by atoms with Crippen molar-refractivity contribution in [3.63, 3.8) is 0 Å². The van der Waals surface area contributed by atoms with Crippen LogP contribution in [0.5, 0.6) is 0 Å². The van der Waals surface area contributed by atoms with E-state index in [9.17, 15) is 18.9 Å². The third kappa shape index (κ3) is 4.16. The molecule has 1 amide bonds. The fraction of sp³-hybridized carbons (Fsp3) is 0.312. The number of fused-ring (bicyclic) bond motifs is 2. The lowest BCUT2D eigenvalue weighted by Gasteiger charge is -2.09. The summed E-state index contributed by atoms with van der Waals surface area (Å²) in [5, 5.41) is 2.25. The summed E-state index contributed by atoms with van der Waals surface area (Å²) in [6.07, 6.45) is -0.544. The van der Waals surface area contributed by atoms with Crippen molar-refractivity contribution >= 4 is 35.7 Å². The molecule has 2 aromatic heterocycles. The van der Waals surface area contributed by atoms with Crippen LogP contribution in [0.25, 0.3) is 22.2 Å². The Kier molecular flexibility index (Phi) is 5.16. The monoisotopic (exact) mass is 407 g/mol. The van der Waals surface area contributed by atoms with E-state index in [2.05, 4.69) is 20.3 Å². The molecule has 0 atom stereocenters. The highest BCUT2D eigenvalue weighted by Crippen LogP contribution is 2.32. The first kappa shape index (κ1) is 19.9. The first-order chi connectivity index (χ1) is 13.0. The van der Waals surface area contributed by atoms with Crippen LogP contribution in [0.4, 0.5) is 0 Å². The number of nitrogens with one attached hydrogen (secondary N) is 2. The molecule has 0 bridgehead atoms. The van der Waals surface area contributed by atoms with Crippen molar-refractivity contribution in [3.05, 3.63) is 44.1 Å². The minimum Gasteiger partial charge on any atom is -0.354 e. The van der Waals surface area contributed by atoms with E-state index < -0.39 is 37.5 Å². The van der Waals surface area contributed by atoms with E-state index in [1.807, 2.05) is 13.8 Å². The molecular formula is C16H18N5O6P. The van der Waals surface area contributed by atoms with Gasteiger partial charge in [0.25, 0.3) is 5.56 Å². The zero-order valence-corrected chi connectivity index (χ0v) is 16.0. The average Bonchev–Trinajstić information content (AvgIpc) is 2.58. The molecule has 3 aromatic rings. The molecule has 2 heterocycles. The van der Waals surface area contributed by atoms with Gasteiger partial charge in [-0.1, -0.05) is 0 Å². The van der Waals surface area contributed by atoms with E-state index in [-0.39, 0.29) is 17.7 Å². The minimum absolute atomic E-state index is 0.0175. The first-order valence-corrected chi connectivity index (χ1v) is 10.1. The number of carbonyl (C=O) groups excluding carboxylic acids is 1. The van der Waals surface area contributed by atoms with Crippen molar-refractivity contribution in [2.75, 3.05) is 12.7 Å². The SMILES string of the molecule is Cc1cc2nc3[nH]c(=O)n(CC(=O)NCCP(=O)(O)O)c(=O)c3nc2cc1C. The molecular weight excluding hydrogens is 389 g/mol. The zero-order valence-electron chi connectivity index (χ0n) is 15.1. The van der Waals surface area contributed by atoms with Gasteiger partial charge in [-0.2, -0.15) is 0 Å². The van der Waals surface area contributed by atoms with Crippen LogP contribution in [0, 0.1) is 13.8 Å². The van der Waals surface area contributed by atoms with E-state index in [1.165, 1.54) is 0 Å². The van der Waals surface area contributed by atoms with Crippen molar-refractivity contribution < 1.29 is 19.1 Å². The Hall–Kier alpha value is -2.88. The Morgan fingerprint density at radius 2 is 1.79 bits per heavy atom. The summed E-state index contributed by atoms with van der Waals surface area (Å²) >= 11 is 0. The Bertz CT molecular complexity index is 1260. The summed E-state index contributed by atoms with van der Waals surface area (Å²) < 4.78 is 11.5. The molecule has 0 aliphatic rings. The Balaban J connectivity index is 1.97. The number of amides is 1. The van der Waals surface area contributed by atoms with Gasteiger partial charge in [-0.05, 0) is 37.1 Å². The maximum absolute atomic E-state index is 12.6. The average molecular weight is 407 g/mol. The van der Waals surface area contributed by atoms with E-state index >= 15 is 0 Å². The molecule has 3 rings (SSSR count). The van der Waals surface area contributed by atoms with Crippen LogP contribution >= 0.6 is 7.60 Å². The number of aryl methyl sites for hydroxylation is 2. The van der Waals surface area contributed by atoms with Crippen LogP contribution < -0.4 is 16.6 Å². The molecule has 0 saturated carbocycles. The van der Waals surface area contributed by atoms with Crippen LogP contribution in [0.15, 0.2) is 21.7 Å². The molecule has 0 saturated heterocycles. The van der Waals surface area contributed by atoms with Crippen molar-refractivity contribution in [1.82, 2.24) is 24.8 Å². The van der Waals surface area contributed by atoms with Gasteiger partial charge in [0.15, 0.2) is 11.2 Å². The van der Waals surface area contributed by atoms with E-state index in [1.54, 1.807) is 12.1 Å². The van der Waals surface area contributed by atoms with Gasteiger partial charge >= 0.3 is 13.3 Å². The molecule has 12 heteroatoms. The highest BCUT2D eigenvalue weighted by molar-refractivity contribution is 7.51.